The maximum Gasteiger partial charge on any atom is 0.283 e. The van der Waals surface area contributed by atoms with Crippen molar-refractivity contribution in [3.8, 4) is 0 Å². The highest BCUT2D eigenvalue weighted by Crippen LogP contribution is 2.23. The molecule has 110 valence electrons. The molecule has 7 heteroatoms. The van der Waals surface area contributed by atoms with Crippen molar-refractivity contribution >= 4 is 27.5 Å². The van der Waals surface area contributed by atoms with Crippen LogP contribution in [0.1, 0.15) is 24.2 Å². The first-order chi connectivity index (χ1) is 9.36. The average molecular weight is 345 g/mol. The number of carbonyl (C=O) groups is 1. The van der Waals surface area contributed by atoms with Crippen LogP contribution in [0.2, 0.25) is 0 Å². The van der Waals surface area contributed by atoms with Crippen LogP contribution >= 0.6 is 15.9 Å². The van der Waals surface area contributed by atoms with E-state index in [4.69, 9.17) is 4.74 Å². The number of ether oxygens (including phenoxy) is 1. The second-order valence-corrected chi connectivity index (χ2v) is 5.61. The summed E-state index contributed by atoms with van der Waals surface area (Å²) < 4.78 is 5.60. The Bertz CT molecular complexity index is 505. The van der Waals surface area contributed by atoms with Gasteiger partial charge in [0.25, 0.3) is 11.6 Å². The predicted octanol–water partition coefficient (Wildman–Crippen LogP) is 2.76. The molecule has 1 atom stereocenters. The largest absolute Gasteiger partial charge is 0.383 e. The Morgan fingerprint density at radius 1 is 1.50 bits per heavy atom. The van der Waals surface area contributed by atoms with Gasteiger partial charge in [0, 0.05) is 17.6 Å². The second kappa shape index (κ2) is 7.35. The maximum atomic E-state index is 12.2. The fourth-order valence-corrected chi connectivity index (χ4v) is 2.02. The van der Waals surface area contributed by atoms with E-state index in [1.807, 2.05) is 13.8 Å². The van der Waals surface area contributed by atoms with Crippen molar-refractivity contribution in [3.05, 3.63) is 38.3 Å². The van der Waals surface area contributed by atoms with Gasteiger partial charge in [0.15, 0.2) is 0 Å². The van der Waals surface area contributed by atoms with Gasteiger partial charge in [-0.2, -0.15) is 0 Å². The minimum Gasteiger partial charge on any atom is -0.383 e. The van der Waals surface area contributed by atoms with Crippen molar-refractivity contribution in [2.45, 2.75) is 19.9 Å². The van der Waals surface area contributed by atoms with E-state index in [0.717, 1.165) is 0 Å². The molecular formula is C13H17BrN2O4. The first-order valence-electron chi connectivity index (χ1n) is 6.10. The normalized spacial score (nSPS) is 12.2. The summed E-state index contributed by atoms with van der Waals surface area (Å²) in [7, 11) is 1.55. The number of halogens is 1. The van der Waals surface area contributed by atoms with Crippen LogP contribution in [-0.4, -0.2) is 30.6 Å². The maximum absolute atomic E-state index is 12.2. The molecule has 0 aliphatic rings. The van der Waals surface area contributed by atoms with Gasteiger partial charge in [0.2, 0.25) is 0 Å². The van der Waals surface area contributed by atoms with Crippen LogP contribution in [0, 0.1) is 16.0 Å². The van der Waals surface area contributed by atoms with Gasteiger partial charge in [0.05, 0.1) is 17.6 Å². The summed E-state index contributed by atoms with van der Waals surface area (Å²) in [5.74, 6) is -0.312. The summed E-state index contributed by atoms with van der Waals surface area (Å²) in [5.41, 5.74) is -0.184. The van der Waals surface area contributed by atoms with Gasteiger partial charge >= 0.3 is 0 Å². The number of carbonyl (C=O) groups excluding carboxylic acids is 1. The predicted molar refractivity (Wildman–Crippen MR) is 78.8 cm³/mol. The van der Waals surface area contributed by atoms with E-state index in [1.54, 1.807) is 13.2 Å². The van der Waals surface area contributed by atoms with Gasteiger partial charge in [-0.25, -0.2) is 0 Å². The zero-order valence-electron chi connectivity index (χ0n) is 11.6. The topological polar surface area (TPSA) is 81.5 Å². The minimum absolute atomic E-state index is 0.0416. The van der Waals surface area contributed by atoms with Gasteiger partial charge < -0.3 is 10.1 Å². The highest BCUT2D eigenvalue weighted by molar-refractivity contribution is 9.10. The lowest BCUT2D eigenvalue weighted by Crippen LogP contribution is -2.41. The molecule has 0 aliphatic heterocycles. The number of benzene rings is 1. The number of nitrogens with one attached hydrogen (secondary N) is 1. The zero-order valence-corrected chi connectivity index (χ0v) is 13.1. The number of nitro groups is 1. The fourth-order valence-electron chi connectivity index (χ4n) is 1.67. The van der Waals surface area contributed by atoms with Crippen molar-refractivity contribution in [2.75, 3.05) is 13.7 Å². The number of nitro benzene ring substituents is 1. The molecule has 0 spiro atoms. The lowest BCUT2D eigenvalue weighted by atomic mass is 10.0. The van der Waals surface area contributed by atoms with E-state index in [0.29, 0.717) is 11.1 Å². The third kappa shape index (κ3) is 4.28. The number of hydrogen-bond donors (Lipinski definition) is 1. The van der Waals surface area contributed by atoms with Crippen molar-refractivity contribution < 1.29 is 14.5 Å². The molecule has 1 amide bonds. The second-order valence-electron chi connectivity index (χ2n) is 4.70. The van der Waals surface area contributed by atoms with E-state index in [-0.39, 0.29) is 23.2 Å². The number of amides is 1. The summed E-state index contributed by atoms with van der Waals surface area (Å²) in [4.78, 5) is 22.6. The third-order valence-electron chi connectivity index (χ3n) is 2.87. The van der Waals surface area contributed by atoms with E-state index >= 15 is 0 Å². The first-order valence-corrected chi connectivity index (χ1v) is 6.89. The third-order valence-corrected chi connectivity index (χ3v) is 3.36. The zero-order chi connectivity index (χ0) is 15.3. The van der Waals surface area contributed by atoms with Crippen LogP contribution in [0.25, 0.3) is 0 Å². The highest BCUT2D eigenvalue weighted by Gasteiger charge is 2.23. The molecule has 1 aromatic rings. The molecule has 1 aromatic carbocycles. The van der Waals surface area contributed by atoms with Gasteiger partial charge in [-0.1, -0.05) is 29.8 Å². The average Bonchev–Trinajstić information content (AvgIpc) is 2.37. The molecule has 0 aliphatic carbocycles. The Labute approximate surface area is 125 Å². The SMILES string of the molecule is COCC(NC(=O)c1ccc(Br)cc1[N+](=O)[O-])C(C)C. The molecule has 0 heterocycles. The molecule has 20 heavy (non-hydrogen) atoms. The number of hydrogen-bond acceptors (Lipinski definition) is 4. The van der Waals surface area contributed by atoms with E-state index in [1.165, 1.54) is 12.1 Å². The summed E-state index contributed by atoms with van der Waals surface area (Å²) in [6.07, 6.45) is 0. The van der Waals surface area contributed by atoms with Crippen molar-refractivity contribution in [1.29, 1.82) is 0 Å². The van der Waals surface area contributed by atoms with Crippen LogP contribution in [0.5, 0.6) is 0 Å². The molecule has 1 rings (SSSR count). The van der Waals surface area contributed by atoms with Gasteiger partial charge in [-0.05, 0) is 18.1 Å². The Morgan fingerprint density at radius 3 is 2.65 bits per heavy atom. The standard InChI is InChI=1S/C13H17BrN2O4/c1-8(2)11(7-20-3)15-13(17)10-5-4-9(14)6-12(10)16(18)19/h4-6,8,11H,7H2,1-3H3,(H,15,17). The lowest BCUT2D eigenvalue weighted by molar-refractivity contribution is -0.385. The molecular weight excluding hydrogens is 328 g/mol. The van der Waals surface area contributed by atoms with Crippen molar-refractivity contribution in [2.24, 2.45) is 5.92 Å². The van der Waals surface area contributed by atoms with Crippen LogP contribution in [0.4, 0.5) is 5.69 Å². The van der Waals surface area contributed by atoms with Crippen molar-refractivity contribution in [1.82, 2.24) is 5.32 Å². The van der Waals surface area contributed by atoms with Gasteiger partial charge in [0.1, 0.15) is 5.56 Å². The molecule has 1 unspecified atom stereocenters. The molecule has 0 saturated heterocycles. The Kier molecular flexibility index (Phi) is 6.09. The molecule has 0 saturated carbocycles. The minimum atomic E-state index is -0.569. The Morgan fingerprint density at radius 2 is 2.15 bits per heavy atom. The Hall–Kier alpha value is -1.47. The van der Waals surface area contributed by atoms with Gasteiger partial charge in [-0.3, -0.25) is 14.9 Å². The summed E-state index contributed by atoms with van der Waals surface area (Å²) >= 11 is 3.16. The Balaban J connectivity index is 3.00. The quantitative estimate of drug-likeness (QED) is 0.635. The lowest BCUT2D eigenvalue weighted by Gasteiger charge is -2.21. The van der Waals surface area contributed by atoms with Crippen LogP contribution in [-0.2, 0) is 4.74 Å². The van der Waals surface area contributed by atoms with E-state index < -0.39 is 10.8 Å². The van der Waals surface area contributed by atoms with Crippen LogP contribution in [0.3, 0.4) is 0 Å². The monoisotopic (exact) mass is 344 g/mol. The summed E-state index contributed by atoms with van der Waals surface area (Å²) in [6, 6.07) is 4.15. The van der Waals surface area contributed by atoms with E-state index in [9.17, 15) is 14.9 Å². The summed E-state index contributed by atoms with van der Waals surface area (Å²) in [6.45, 7) is 4.24. The van der Waals surface area contributed by atoms with E-state index in [2.05, 4.69) is 21.2 Å². The molecule has 0 bridgehead atoms. The number of rotatable bonds is 6. The summed E-state index contributed by atoms with van der Waals surface area (Å²) in [5, 5.41) is 13.8. The van der Waals surface area contributed by atoms with Crippen LogP contribution < -0.4 is 5.32 Å². The molecule has 1 N–H and O–H groups in total. The van der Waals surface area contributed by atoms with Gasteiger partial charge in [-0.15, -0.1) is 0 Å². The smallest absolute Gasteiger partial charge is 0.283 e. The molecule has 0 fully saturated rings. The van der Waals surface area contributed by atoms with Crippen molar-refractivity contribution in [3.63, 3.8) is 0 Å². The number of nitrogens with zero attached hydrogens (tertiary/aromatic N) is 1. The number of methoxy groups -OCH3 is 1. The fraction of sp³-hybridized carbons (Fsp3) is 0.462. The molecule has 0 radical (unpaired) electrons. The van der Waals surface area contributed by atoms with Crippen LogP contribution in [0.15, 0.2) is 22.7 Å². The first kappa shape index (κ1) is 16.6. The molecule has 0 aromatic heterocycles. The molecule has 6 nitrogen and oxygen atoms in total. The highest BCUT2D eigenvalue weighted by atomic mass is 79.9.